The largest absolute Gasteiger partial charge is 0.512 e. The van der Waals surface area contributed by atoms with Gasteiger partial charge in [-0.3, -0.25) is 4.79 Å². The van der Waals surface area contributed by atoms with E-state index >= 15 is 0 Å². The molecule has 0 saturated heterocycles. The van der Waals surface area contributed by atoms with Crippen LogP contribution in [0.15, 0.2) is 295 Å². The van der Waals surface area contributed by atoms with E-state index in [1.165, 1.54) is 32.6 Å². The first-order valence-electron chi connectivity index (χ1n) is 52.4. The molecule has 0 aliphatic heterocycles. The normalized spacial score (nSPS) is 11.4. The van der Waals surface area contributed by atoms with Crippen LogP contribution in [0.25, 0.3) is 78.8 Å². The number of carbonyl (C=O) groups is 1. The minimum Gasteiger partial charge on any atom is -0.512 e. The Labute approximate surface area is 867 Å². The molecule has 11 aromatic carbocycles. The molecule has 0 atom stereocenters. The molecule has 0 spiro atoms. The van der Waals surface area contributed by atoms with Crippen molar-refractivity contribution in [3.8, 4) is 113 Å². The zero-order valence-corrected chi connectivity index (χ0v) is 89.7. The zero-order chi connectivity index (χ0) is 100. The third kappa shape index (κ3) is 32.2. The van der Waals surface area contributed by atoms with Crippen LogP contribution in [0.2, 0.25) is 0 Å². The van der Waals surface area contributed by atoms with Crippen molar-refractivity contribution >= 4 is 22.8 Å². The van der Waals surface area contributed by atoms with Crippen molar-refractivity contribution in [1.29, 1.82) is 0 Å². The van der Waals surface area contributed by atoms with E-state index in [2.05, 4.69) is 290 Å². The molecule has 753 valence electrons. The summed E-state index contributed by atoms with van der Waals surface area (Å²) in [7, 11) is 0. The number of pyridine rings is 2. The first-order valence-corrected chi connectivity index (χ1v) is 52.4. The molecule has 1 radical (unpaired) electrons. The summed E-state index contributed by atoms with van der Waals surface area (Å²) in [5.41, 5.74) is 21.4. The van der Waals surface area contributed by atoms with Gasteiger partial charge in [0.25, 0.3) is 0 Å². The molecule has 3 aromatic heterocycles. The minimum absolute atomic E-state index is 0. The molecule has 14 aromatic rings. The van der Waals surface area contributed by atoms with E-state index in [9.17, 15) is 9.90 Å². The number of hydrogen-bond acceptors (Lipinski definition) is 14. The fourth-order valence-electron chi connectivity index (χ4n) is 17.8. The maximum absolute atomic E-state index is 12.8. The van der Waals surface area contributed by atoms with Gasteiger partial charge in [0.2, 0.25) is 11.8 Å². The first-order chi connectivity index (χ1) is 69.2. The van der Waals surface area contributed by atoms with Gasteiger partial charge in [-0.05, 0) is 231 Å². The quantitative estimate of drug-likeness (QED) is 0.0166. The van der Waals surface area contributed by atoms with Gasteiger partial charge in [0.15, 0.2) is 5.78 Å². The van der Waals surface area contributed by atoms with Crippen LogP contribution in [0.4, 0.5) is 17.1 Å². The Kier molecular flexibility index (Phi) is 45.0. The van der Waals surface area contributed by atoms with Crippen molar-refractivity contribution in [3.05, 3.63) is 342 Å². The van der Waals surface area contributed by atoms with E-state index < -0.39 is 10.8 Å². The van der Waals surface area contributed by atoms with Gasteiger partial charge in [-0.1, -0.05) is 294 Å². The molecule has 3 heterocycles. The maximum Gasteiger partial charge on any atom is 0.248 e. The van der Waals surface area contributed by atoms with Crippen molar-refractivity contribution < 1.29 is 62.8 Å². The fourth-order valence-corrected chi connectivity index (χ4v) is 17.8. The van der Waals surface area contributed by atoms with Crippen LogP contribution in [0.1, 0.15) is 276 Å². The number of Topliss-reactive ketones (excluding diaryl/α,β-unsaturated/α-hetero) is 1. The van der Waals surface area contributed by atoms with Crippen LogP contribution in [-0.2, 0) is 42.2 Å². The Morgan fingerprint density at radius 2 is 0.692 bits per heavy atom. The Bertz CT molecular complexity index is 6000. The zero-order valence-electron chi connectivity index (χ0n) is 87.3. The number of aliphatic hydroxyl groups is 1. The standard InChI is InChI=1S/C106H135N3O9.2C11H8N.Ir/c1-15-21-27-36-62-112-97-71-92(98(68-77(97)8)113-63-37-28-22-16-2)80-46-48-82(49-47-80)103-107-108-104(118-103)83-50-54-86(55-51-83)105(11,12)95-74-99(114-64-38-29-23-17-3)93(72-101(95)116-66-40-31-25-19-5)81-52-58-89(59-53-81)109(88-42-34-33-35-43-88)90-60-56-87(57-61-90)106(13,14)96-75-100(115-65-39-30-24-18-4)94(73-102(96)117-67-41-32-26-20-6)84-45-44-76(7)85(69-84)70-91(78(9)110)79(10)111;2*1-2-6-10(7-3-1)11-8-4-5-9-12-11;/h33-35,42-61,68-69,71-75,110H,15-32,36-41,62-67,70H2,1-14H3;2*1-6,8-9H;/q;2*-1;/b91-78-;;;. The molecule has 143 heavy (non-hydrogen) atoms. The van der Waals surface area contributed by atoms with Crippen molar-refractivity contribution in [2.45, 2.75) is 268 Å². The minimum atomic E-state index is -0.540. The second-order valence-electron chi connectivity index (χ2n) is 38.3. The number of benzene rings is 11. The number of rotatable bonds is 53. The van der Waals surface area contributed by atoms with Crippen LogP contribution in [0, 0.1) is 26.0 Å². The Morgan fingerprint density at radius 3 is 1.08 bits per heavy atom. The Balaban J connectivity index is 0.000000673. The van der Waals surface area contributed by atoms with E-state index in [4.69, 9.17) is 32.8 Å². The topological polar surface area (TPSA) is 161 Å². The molecule has 14 rings (SSSR count). The van der Waals surface area contributed by atoms with Gasteiger partial charge < -0.3 is 52.8 Å². The number of ether oxygens (including phenoxy) is 6. The number of allylic oxidation sites excluding steroid dienone is 2. The van der Waals surface area contributed by atoms with E-state index in [-0.39, 0.29) is 31.6 Å². The van der Waals surface area contributed by atoms with Gasteiger partial charge in [-0.2, -0.15) is 0 Å². The molecule has 0 saturated carbocycles. The molecular formula is C128H151IrN5O9-2. The number of aromatic nitrogens is 4. The van der Waals surface area contributed by atoms with Crippen molar-refractivity contribution in [2.24, 2.45) is 0 Å². The van der Waals surface area contributed by atoms with Crippen LogP contribution in [-0.4, -0.2) is 70.7 Å². The number of aryl methyl sites for hydroxylation is 2. The van der Waals surface area contributed by atoms with E-state index in [0.717, 1.165) is 286 Å². The molecule has 1 N–H and O–H groups in total. The molecule has 0 aliphatic carbocycles. The number of nitrogens with zero attached hydrogens (tertiary/aromatic N) is 5. The van der Waals surface area contributed by atoms with E-state index in [0.29, 0.717) is 63.4 Å². The van der Waals surface area contributed by atoms with Crippen molar-refractivity contribution in [1.82, 2.24) is 20.2 Å². The van der Waals surface area contributed by atoms with Crippen LogP contribution < -0.4 is 33.3 Å². The van der Waals surface area contributed by atoms with Crippen molar-refractivity contribution in [3.63, 3.8) is 0 Å². The van der Waals surface area contributed by atoms with Crippen LogP contribution >= 0.6 is 0 Å². The third-order valence-corrected chi connectivity index (χ3v) is 26.5. The first kappa shape index (κ1) is 111. The molecule has 15 heteroatoms. The van der Waals surface area contributed by atoms with E-state index in [1.54, 1.807) is 19.3 Å². The molecule has 0 amide bonds. The van der Waals surface area contributed by atoms with Gasteiger partial charge in [-0.25, -0.2) is 0 Å². The van der Waals surface area contributed by atoms with Gasteiger partial charge in [0.05, 0.1) is 45.4 Å². The average Bonchev–Trinajstić information content (AvgIpc) is 1.20. The Hall–Kier alpha value is -12.7. The van der Waals surface area contributed by atoms with Gasteiger partial charge in [-0.15, -0.1) is 82.0 Å². The molecule has 0 fully saturated rings. The average molecular weight is 2100 g/mol. The summed E-state index contributed by atoms with van der Waals surface area (Å²) < 4.78 is 47.3. The smallest absolute Gasteiger partial charge is 0.248 e. The molecule has 0 unspecified atom stereocenters. The summed E-state index contributed by atoms with van der Waals surface area (Å²) in [6.45, 7) is 33.6. The van der Waals surface area contributed by atoms with Crippen LogP contribution in [0.3, 0.4) is 0 Å². The van der Waals surface area contributed by atoms with E-state index in [1.807, 2.05) is 97.1 Å². The van der Waals surface area contributed by atoms with Crippen molar-refractivity contribution in [2.75, 3.05) is 44.5 Å². The predicted octanol–water partition coefficient (Wildman–Crippen LogP) is 35.0. The molecule has 0 bridgehead atoms. The maximum atomic E-state index is 12.8. The number of unbranched alkanes of at least 4 members (excludes halogenated alkanes) is 18. The summed E-state index contributed by atoms with van der Waals surface area (Å²) >= 11 is 0. The molecule has 14 nitrogen and oxygen atoms in total. The molecule has 0 aliphatic rings. The predicted molar refractivity (Wildman–Crippen MR) is 587 cm³/mol. The second kappa shape index (κ2) is 58.2. The summed E-state index contributed by atoms with van der Waals surface area (Å²) in [6, 6.07) is 98.6. The summed E-state index contributed by atoms with van der Waals surface area (Å²) in [4.78, 5) is 23.6. The van der Waals surface area contributed by atoms with Gasteiger partial charge >= 0.3 is 0 Å². The number of carbonyl (C=O) groups excluding carboxylic acids is 1. The van der Waals surface area contributed by atoms with Gasteiger partial charge in [0.1, 0.15) is 34.5 Å². The van der Waals surface area contributed by atoms with Gasteiger partial charge in [0, 0.05) is 111 Å². The SMILES string of the molecule is CCCCCCOc1cc(-c2ccc(-c3nnc(-c4ccc(C(C)(C)c5cc(OCCCCCC)c(-c6ccc(N(c7ccccc7)c7ccc(C(C)(C)c8cc(OCCCCCC)c(-c9ccc(C)c(C/C(C(C)=O)=C(\C)O)c9)cc8OCCCCCC)cc7)cc6)cc5OCCCCCC)cc4)o3)cc2)c(OCCCCCC)cc1C.[Ir].[c-]1ccccc1-c1ccccn1.[c-]1ccccc1-c1ccccn1. The summed E-state index contributed by atoms with van der Waals surface area (Å²) in [5.74, 6) is 5.84. The number of para-hydroxylation sites is 1. The fraction of sp³-hybridized carbons (Fsp3) is 0.367. The third-order valence-electron chi connectivity index (χ3n) is 26.5. The number of aliphatic hydroxyl groups excluding tert-OH is 1. The summed E-state index contributed by atoms with van der Waals surface area (Å²) in [6.07, 6.45) is 30.4. The molecular weight excluding hydrogens is 1940 g/mol. The van der Waals surface area contributed by atoms with Crippen LogP contribution in [0.5, 0.6) is 34.5 Å². The number of hydrogen-bond donors (Lipinski definition) is 1. The monoisotopic (exact) mass is 2100 g/mol. The summed E-state index contributed by atoms with van der Waals surface area (Å²) in [5, 5.41) is 19.8. The number of anilines is 3. The number of ketones is 1. The second-order valence-corrected chi connectivity index (χ2v) is 38.3. The Morgan fingerprint density at radius 1 is 0.350 bits per heavy atom.